The van der Waals surface area contributed by atoms with Crippen LogP contribution < -0.4 is 10.6 Å². The van der Waals surface area contributed by atoms with Gasteiger partial charge in [-0.05, 0) is 26.0 Å². The molecule has 0 unspecified atom stereocenters. The highest BCUT2D eigenvalue weighted by Crippen LogP contribution is 2.24. The predicted molar refractivity (Wildman–Crippen MR) is 111 cm³/mol. The summed E-state index contributed by atoms with van der Waals surface area (Å²) in [5.74, 6) is -1.43. The zero-order chi connectivity index (χ0) is 21.5. The number of carbonyl (C=O) groups is 3. The van der Waals surface area contributed by atoms with Gasteiger partial charge in [-0.1, -0.05) is 48.5 Å². The van der Waals surface area contributed by atoms with Crippen LogP contribution in [-0.4, -0.2) is 40.3 Å². The first-order chi connectivity index (χ1) is 14.5. The molecular formula is C22H22N4O4. The normalized spacial score (nSPS) is 11.4. The smallest absolute Gasteiger partial charge is 0.342 e. The van der Waals surface area contributed by atoms with Crippen LogP contribution in [0, 0.1) is 0 Å². The van der Waals surface area contributed by atoms with E-state index in [9.17, 15) is 14.4 Å². The van der Waals surface area contributed by atoms with Gasteiger partial charge in [0, 0.05) is 18.3 Å². The van der Waals surface area contributed by atoms with E-state index >= 15 is 0 Å². The van der Waals surface area contributed by atoms with Crippen molar-refractivity contribution >= 4 is 17.9 Å². The van der Waals surface area contributed by atoms with Gasteiger partial charge in [0.15, 0.2) is 6.10 Å². The number of ether oxygens (including phenoxy) is 1. The standard InChI is InChI=1S/C22H22N4O4/c1-3-23-22(29)24-20(27)15(2)30-21(28)18-14-26(17-12-8-5-9-13-17)25-19(18)16-10-6-4-7-11-16/h4-15H,3H2,1-2H3,(H2,23,24,27,29)/t15-/m0/s1. The van der Waals surface area contributed by atoms with Crippen LogP contribution in [0.25, 0.3) is 16.9 Å². The summed E-state index contributed by atoms with van der Waals surface area (Å²) < 4.78 is 6.89. The fourth-order valence-electron chi connectivity index (χ4n) is 2.74. The first-order valence-electron chi connectivity index (χ1n) is 9.49. The first kappa shape index (κ1) is 20.8. The van der Waals surface area contributed by atoms with Crippen molar-refractivity contribution in [1.82, 2.24) is 20.4 Å². The molecule has 0 saturated carbocycles. The van der Waals surface area contributed by atoms with Gasteiger partial charge in [-0.25, -0.2) is 14.3 Å². The van der Waals surface area contributed by atoms with Crippen LogP contribution in [0.1, 0.15) is 24.2 Å². The molecule has 1 aromatic heterocycles. The van der Waals surface area contributed by atoms with Gasteiger partial charge in [0.2, 0.25) is 0 Å². The number of esters is 1. The lowest BCUT2D eigenvalue weighted by Gasteiger charge is -2.13. The number of aromatic nitrogens is 2. The molecule has 0 fully saturated rings. The van der Waals surface area contributed by atoms with Crippen LogP contribution in [0.3, 0.4) is 0 Å². The van der Waals surface area contributed by atoms with E-state index in [1.54, 1.807) is 17.8 Å². The number of urea groups is 1. The summed E-state index contributed by atoms with van der Waals surface area (Å²) in [5, 5.41) is 9.12. The lowest BCUT2D eigenvalue weighted by molar-refractivity contribution is -0.127. The summed E-state index contributed by atoms with van der Waals surface area (Å²) in [6.45, 7) is 3.49. The van der Waals surface area contributed by atoms with Gasteiger partial charge in [0.25, 0.3) is 5.91 Å². The fourth-order valence-corrected chi connectivity index (χ4v) is 2.74. The Bertz CT molecular complexity index is 1030. The monoisotopic (exact) mass is 406 g/mol. The van der Waals surface area contributed by atoms with Crippen LogP contribution in [0.2, 0.25) is 0 Å². The maximum absolute atomic E-state index is 12.9. The van der Waals surface area contributed by atoms with Crippen molar-refractivity contribution < 1.29 is 19.1 Å². The number of benzene rings is 2. The van der Waals surface area contributed by atoms with E-state index in [1.807, 2.05) is 60.7 Å². The molecule has 0 radical (unpaired) electrons. The third-order valence-corrected chi connectivity index (χ3v) is 4.23. The second-order valence-electron chi connectivity index (χ2n) is 6.43. The SMILES string of the molecule is CCNC(=O)NC(=O)[C@H](C)OC(=O)c1cn(-c2ccccc2)nc1-c1ccccc1. The van der Waals surface area contributed by atoms with Crippen LogP contribution in [0.4, 0.5) is 4.79 Å². The lowest BCUT2D eigenvalue weighted by Crippen LogP contribution is -2.44. The summed E-state index contributed by atoms with van der Waals surface area (Å²) >= 11 is 0. The van der Waals surface area contributed by atoms with Crippen molar-refractivity contribution in [3.63, 3.8) is 0 Å². The largest absolute Gasteiger partial charge is 0.449 e. The highest BCUT2D eigenvalue weighted by molar-refractivity contribution is 6.00. The quantitative estimate of drug-likeness (QED) is 0.613. The Morgan fingerprint density at radius 2 is 1.67 bits per heavy atom. The summed E-state index contributed by atoms with van der Waals surface area (Å²) in [7, 11) is 0. The zero-order valence-corrected chi connectivity index (χ0v) is 16.7. The Balaban J connectivity index is 1.86. The molecule has 154 valence electrons. The van der Waals surface area contributed by atoms with Crippen molar-refractivity contribution in [2.45, 2.75) is 20.0 Å². The highest BCUT2D eigenvalue weighted by Gasteiger charge is 2.25. The van der Waals surface area contributed by atoms with Gasteiger partial charge in [-0.3, -0.25) is 10.1 Å². The van der Waals surface area contributed by atoms with Gasteiger partial charge in [0.05, 0.1) is 5.69 Å². The third-order valence-electron chi connectivity index (χ3n) is 4.23. The summed E-state index contributed by atoms with van der Waals surface area (Å²) in [6.07, 6.45) is 0.401. The summed E-state index contributed by atoms with van der Waals surface area (Å²) in [4.78, 5) is 36.5. The lowest BCUT2D eigenvalue weighted by atomic mass is 10.1. The van der Waals surface area contributed by atoms with Crippen LogP contribution >= 0.6 is 0 Å². The van der Waals surface area contributed by atoms with E-state index in [2.05, 4.69) is 15.7 Å². The van der Waals surface area contributed by atoms with Gasteiger partial charge in [-0.2, -0.15) is 5.10 Å². The van der Waals surface area contributed by atoms with Gasteiger partial charge >= 0.3 is 12.0 Å². The van der Waals surface area contributed by atoms with Crippen molar-refractivity contribution in [3.05, 3.63) is 72.4 Å². The molecular weight excluding hydrogens is 384 g/mol. The van der Waals surface area contributed by atoms with E-state index in [-0.39, 0.29) is 5.56 Å². The molecule has 0 saturated heterocycles. The maximum Gasteiger partial charge on any atom is 0.342 e. The second kappa shape index (κ2) is 9.51. The minimum atomic E-state index is -1.16. The Morgan fingerprint density at radius 1 is 1.03 bits per heavy atom. The van der Waals surface area contributed by atoms with Crippen molar-refractivity contribution in [2.24, 2.45) is 0 Å². The van der Waals surface area contributed by atoms with E-state index in [0.29, 0.717) is 12.2 Å². The Labute approximate surface area is 173 Å². The maximum atomic E-state index is 12.9. The summed E-state index contributed by atoms with van der Waals surface area (Å²) in [6, 6.07) is 17.9. The molecule has 3 rings (SSSR count). The number of amides is 3. The Hall–Kier alpha value is -3.94. The van der Waals surface area contributed by atoms with Crippen LogP contribution in [0.5, 0.6) is 0 Å². The first-order valence-corrected chi connectivity index (χ1v) is 9.49. The number of carbonyl (C=O) groups excluding carboxylic acids is 3. The zero-order valence-electron chi connectivity index (χ0n) is 16.7. The predicted octanol–water partition coefficient (Wildman–Crippen LogP) is 2.93. The van der Waals surface area contributed by atoms with Crippen molar-refractivity contribution in [1.29, 1.82) is 0 Å². The van der Waals surface area contributed by atoms with Crippen LogP contribution in [-0.2, 0) is 9.53 Å². The summed E-state index contributed by atoms with van der Waals surface area (Å²) in [5.41, 5.74) is 2.15. The molecule has 8 nitrogen and oxygen atoms in total. The average Bonchev–Trinajstić information content (AvgIpc) is 3.21. The Morgan fingerprint density at radius 3 is 2.30 bits per heavy atom. The molecule has 0 spiro atoms. The number of para-hydroxylation sites is 1. The Kier molecular flexibility index (Phi) is 6.59. The molecule has 0 bridgehead atoms. The number of hydrogen-bond acceptors (Lipinski definition) is 5. The van der Waals surface area contributed by atoms with Gasteiger partial charge in [-0.15, -0.1) is 0 Å². The average molecular weight is 406 g/mol. The molecule has 3 amide bonds. The molecule has 3 aromatic rings. The van der Waals surface area contributed by atoms with Gasteiger partial charge in [0.1, 0.15) is 11.3 Å². The van der Waals surface area contributed by atoms with Crippen molar-refractivity contribution in [2.75, 3.05) is 6.54 Å². The second-order valence-corrected chi connectivity index (χ2v) is 6.43. The minimum Gasteiger partial charge on any atom is -0.449 e. The molecule has 0 aliphatic rings. The number of hydrogen-bond donors (Lipinski definition) is 2. The fraction of sp³-hybridized carbons (Fsp3) is 0.182. The topological polar surface area (TPSA) is 102 Å². The molecule has 2 N–H and O–H groups in total. The highest BCUT2D eigenvalue weighted by atomic mass is 16.5. The molecule has 1 atom stereocenters. The minimum absolute atomic E-state index is 0.211. The van der Waals surface area contributed by atoms with Crippen molar-refractivity contribution in [3.8, 4) is 16.9 Å². The number of nitrogens with one attached hydrogen (secondary N) is 2. The molecule has 30 heavy (non-hydrogen) atoms. The number of rotatable bonds is 6. The van der Waals surface area contributed by atoms with E-state index in [0.717, 1.165) is 11.3 Å². The number of nitrogens with zero attached hydrogens (tertiary/aromatic N) is 2. The van der Waals surface area contributed by atoms with Gasteiger partial charge < -0.3 is 10.1 Å². The number of imide groups is 1. The van der Waals surface area contributed by atoms with E-state index < -0.39 is 24.0 Å². The molecule has 2 aromatic carbocycles. The molecule has 0 aliphatic heterocycles. The molecule has 1 heterocycles. The van der Waals surface area contributed by atoms with E-state index in [4.69, 9.17) is 4.74 Å². The molecule has 8 heteroatoms. The van der Waals surface area contributed by atoms with Crippen LogP contribution in [0.15, 0.2) is 66.9 Å². The molecule has 0 aliphatic carbocycles. The van der Waals surface area contributed by atoms with E-state index in [1.165, 1.54) is 6.92 Å². The third kappa shape index (κ3) is 4.91.